The van der Waals surface area contributed by atoms with E-state index in [1.807, 2.05) is 51.1 Å². The Labute approximate surface area is 172 Å². The summed E-state index contributed by atoms with van der Waals surface area (Å²) < 4.78 is 1.60. The molecule has 3 rings (SSSR count). The summed E-state index contributed by atoms with van der Waals surface area (Å²) in [4.78, 5) is 32.0. The predicted molar refractivity (Wildman–Crippen MR) is 117 cm³/mol. The van der Waals surface area contributed by atoms with Crippen molar-refractivity contribution in [3.05, 3.63) is 69.3 Å². The smallest absolute Gasteiger partial charge is 0.263 e. The Bertz CT molecular complexity index is 1070. The molecule has 0 saturated heterocycles. The van der Waals surface area contributed by atoms with Crippen LogP contribution in [-0.4, -0.2) is 20.7 Å². The second-order valence-electron chi connectivity index (χ2n) is 6.53. The zero-order valence-corrected chi connectivity index (χ0v) is 17.8. The van der Waals surface area contributed by atoms with Crippen LogP contribution in [0.5, 0.6) is 0 Å². The first-order valence-electron chi connectivity index (χ1n) is 9.02. The number of fused-ring (bicyclic) bond motifs is 1. The van der Waals surface area contributed by atoms with Crippen LogP contribution in [0.3, 0.4) is 0 Å². The van der Waals surface area contributed by atoms with Crippen LogP contribution in [0.25, 0.3) is 10.2 Å². The number of amides is 1. The van der Waals surface area contributed by atoms with Gasteiger partial charge < -0.3 is 5.32 Å². The molecule has 0 spiro atoms. The molecule has 28 heavy (non-hydrogen) atoms. The number of thiophene rings is 1. The van der Waals surface area contributed by atoms with Crippen molar-refractivity contribution in [2.75, 3.05) is 0 Å². The van der Waals surface area contributed by atoms with Crippen molar-refractivity contribution in [2.24, 2.45) is 0 Å². The number of thioether (sulfide) groups is 1. The molecule has 0 fully saturated rings. The van der Waals surface area contributed by atoms with E-state index in [1.54, 1.807) is 10.6 Å². The Morgan fingerprint density at radius 3 is 2.75 bits per heavy atom. The summed E-state index contributed by atoms with van der Waals surface area (Å²) in [5.74, 6) is -0.0908. The fourth-order valence-electron chi connectivity index (χ4n) is 2.83. The summed E-state index contributed by atoms with van der Waals surface area (Å²) in [5.41, 5.74) is 1.94. The molecular formula is C21H23N3O2S2. The Kier molecular flexibility index (Phi) is 6.36. The van der Waals surface area contributed by atoms with Crippen molar-refractivity contribution in [3.8, 4) is 0 Å². The number of benzene rings is 1. The van der Waals surface area contributed by atoms with E-state index in [9.17, 15) is 9.59 Å². The van der Waals surface area contributed by atoms with Crippen LogP contribution < -0.4 is 10.9 Å². The maximum Gasteiger partial charge on any atom is 0.263 e. The van der Waals surface area contributed by atoms with E-state index in [0.29, 0.717) is 23.6 Å². The largest absolute Gasteiger partial charge is 0.351 e. The van der Waals surface area contributed by atoms with E-state index < -0.39 is 0 Å². The van der Waals surface area contributed by atoms with Gasteiger partial charge in [-0.15, -0.1) is 17.9 Å². The SMILES string of the molecule is C=CCn1c(S[C@@H](C)C(=O)NCc2ccccc2)nc2sc(C)c(C)c2c1=O. The molecule has 5 nitrogen and oxygen atoms in total. The van der Waals surface area contributed by atoms with Gasteiger partial charge in [0.25, 0.3) is 5.56 Å². The summed E-state index contributed by atoms with van der Waals surface area (Å²) >= 11 is 2.81. The summed E-state index contributed by atoms with van der Waals surface area (Å²) in [6.07, 6.45) is 1.67. The third kappa shape index (κ3) is 4.20. The molecule has 0 saturated carbocycles. The quantitative estimate of drug-likeness (QED) is 0.360. The maximum atomic E-state index is 13.0. The molecule has 2 heterocycles. The van der Waals surface area contributed by atoms with Crippen LogP contribution in [0, 0.1) is 13.8 Å². The van der Waals surface area contributed by atoms with E-state index in [-0.39, 0.29) is 16.7 Å². The van der Waals surface area contributed by atoms with Crippen molar-refractivity contribution in [1.29, 1.82) is 0 Å². The monoisotopic (exact) mass is 413 g/mol. The van der Waals surface area contributed by atoms with Crippen LogP contribution in [0.2, 0.25) is 0 Å². The van der Waals surface area contributed by atoms with E-state index in [4.69, 9.17) is 4.98 Å². The number of aromatic nitrogens is 2. The summed E-state index contributed by atoms with van der Waals surface area (Å²) in [5, 5.41) is 3.76. The number of hydrogen-bond acceptors (Lipinski definition) is 5. The lowest BCUT2D eigenvalue weighted by atomic mass is 10.2. The molecular weight excluding hydrogens is 390 g/mol. The molecule has 1 aromatic carbocycles. The van der Waals surface area contributed by atoms with Gasteiger partial charge in [-0.25, -0.2) is 4.98 Å². The number of rotatable bonds is 7. The number of carbonyl (C=O) groups excluding carboxylic acids is 1. The van der Waals surface area contributed by atoms with Crippen molar-refractivity contribution in [1.82, 2.24) is 14.9 Å². The average Bonchev–Trinajstić information content (AvgIpc) is 2.97. The Balaban J connectivity index is 1.84. The average molecular weight is 414 g/mol. The summed E-state index contributed by atoms with van der Waals surface area (Å²) in [6.45, 7) is 10.3. The van der Waals surface area contributed by atoms with Crippen LogP contribution in [-0.2, 0) is 17.9 Å². The fourth-order valence-corrected chi connectivity index (χ4v) is 4.84. The van der Waals surface area contributed by atoms with E-state index in [2.05, 4.69) is 11.9 Å². The van der Waals surface area contributed by atoms with Gasteiger partial charge in [-0.3, -0.25) is 14.2 Å². The fraction of sp³-hybridized carbons (Fsp3) is 0.286. The standard InChI is InChI=1S/C21H23N3O2S2/c1-5-11-24-20(26)17-13(2)14(3)27-19(17)23-21(24)28-15(4)18(25)22-12-16-9-7-6-8-10-16/h5-10,15H,1,11-12H2,2-4H3,(H,22,25)/t15-/m0/s1. The lowest BCUT2D eigenvalue weighted by Crippen LogP contribution is -2.31. The minimum atomic E-state index is -0.383. The molecule has 2 aromatic heterocycles. The number of allylic oxidation sites excluding steroid dienone is 1. The van der Waals surface area contributed by atoms with E-state index >= 15 is 0 Å². The van der Waals surface area contributed by atoms with Crippen LogP contribution >= 0.6 is 23.1 Å². The van der Waals surface area contributed by atoms with Gasteiger partial charge in [-0.2, -0.15) is 0 Å². The van der Waals surface area contributed by atoms with Crippen LogP contribution in [0.1, 0.15) is 22.9 Å². The lowest BCUT2D eigenvalue weighted by Gasteiger charge is -2.15. The highest BCUT2D eigenvalue weighted by atomic mass is 32.2. The molecule has 3 aromatic rings. The van der Waals surface area contributed by atoms with Gasteiger partial charge in [-0.05, 0) is 31.9 Å². The van der Waals surface area contributed by atoms with Gasteiger partial charge in [0.2, 0.25) is 5.91 Å². The Hall–Kier alpha value is -2.38. The molecule has 0 bridgehead atoms. The molecule has 0 aliphatic carbocycles. The van der Waals surface area contributed by atoms with Crippen molar-refractivity contribution < 1.29 is 4.79 Å². The normalized spacial score (nSPS) is 12.1. The van der Waals surface area contributed by atoms with Gasteiger partial charge in [0, 0.05) is 18.0 Å². The topological polar surface area (TPSA) is 64.0 Å². The molecule has 1 amide bonds. The minimum absolute atomic E-state index is 0.0776. The molecule has 0 aliphatic rings. The molecule has 1 atom stereocenters. The van der Waals surface area contributed by atoms with Crippen molar-refractivity contribution in [2.45, 2.75) is 44.3 Å². The first kappa shape index (κ1) is 20.4. The van der Waals surface area contributed by atoms with Gasteiger partial charge >= 0.3 is 0 Å². The molecule has 0 unspecified atom stereocenters. The van der Waals surface area contributed by atoms with Gasteiger partial charge in [0.1, 0.15) is 4.83 Å². The predicted octanol–water partition coefficient (Wildman–Crippen LogP) is 4.06. The third-order valence-corrected chi connectivity index (χ3v) is 6.72. The number of nitrogens with one attached hydrogen (secondary N) is 1. The van der Waals surface area contributed by atoms with Crippen LogP contribution in [0.15, 0.2) is 52.9 Å². The van der Waals surface area contributed by atoms with Gasteiger partial charge in [0.05, 0.1) is 10.6 Å². The first-order chi connectivity index (χ1) is 13.4. The number of aryl methyl sites for hydroxylation is 2. The minimum Gasteiger partial charge on any atom is -0.351 e. The first-order valence-corrected chi connectivity index (χ1v) is 10.7. The lowest BCUT2D eigenvalue weighted by molar-refractivity contribution is -0.120. The third-order valence-electron chi connectivity index (χ3n) is 4.53. The van der Waals surface area contributed by atoms with Crippen molar-refractivity contribution >= 4 is 39.2 Å². The Morgan fingerprint density at radius 1 is 1.36 bits per heavy atom. The molecule has 7 heteroatoms. The summed E-state index contributed by atoms with van der Waals surface area (Å²) in [6, 6.07) is 9.77. The van der Waals surface area contributed by atoms with Crippen molar-refractivity contribution in [3.63, 3.8) is 0 Å². The van der Waals surface area contributed by atoms with E-state index in [1.165, 1.54) is 23.1 Å². The highest BCUT2D eigenvalue weighted by Gasteiger charge is 2.21. The summed E-state index contributed by atoms with van der Waals surface area (Å²) in [7, 11) is 0. The second kappa shape index (κ2) is 8.75. The Morgan fingerprint density at radius 2 is 2.07 bits per heavy atom. The highest BCUT2D eigenvalue weighted by molar-refractivity contribution is 8.00. The second-order valence-corrected chi connectivity index (χ2v) is 9.04. The highest BCUT2D eigenvalue weighted by Crippen LogP contribution is 2.29. The van der Waals surface area contributed by atoms with Gasteiger partial charge in [-0.1, -0.05) is 48.2 Å². The number of nitrogens with zero attached hydrogens (tertiary/aromatic N) is 2. The molecule has 146 valence electrons. The zero-order valence-electron chi connectivity index (χ0n) is 16.2. The molecule has 1 N–H and O–H groups in total. The number of hydrogen-bond donors (Lipinski definition) is 1. The van der Waals surface area contributed by atoms with Crippen LogP contribution in [0.4, 0.5) is 0 Å². The van der Waals surface area contributed by atoms with E-state index in [0.717, 1.165) is 20.8 Å². The van der Waals surface area contributed by atoms with Gasteiger partial charge in [0.15, 0.2) is 5.16 Å². The maximum absolute atomic E-state index is 13.0. The molecule has 0 aliphatic heterocycles. The number of carbonyl (C=O) groups is 1. The zero-order chi connectivity index (χ0) is 20.3. The molecule has 0 radical (unpaired) electrons.